The van der Waals surface area contributed by atoms with Gasteiger partial charge in [-0.3, -0.25) is 9.69 Å². The van der Waals surface area contributed by atoms with Gasteiger partial charge in [0.25, 0.3) is 0 Å². The summed E-state index contributed by atoms with van der Waals surface area (Å²) in [5.41, 5.74) is 4.98. The highest BCUT2D eigenvalue weighted by molar-refractivity contribution is 5.78. The molecule has 1 aliphatic carbocycles. The van der Waals surface area contributed by atoms with Crippen LogP contribution in [-0.4, -0.2) is 45.8 Å². The first-order valence-corrected chi connectivity index (χ1v) is 9.06. The molecule has 1 amide bonds. The summed E-state index contributed by atoms with van der Waals surface area (Å²) >= 11 is 0. The number of fused-ring (bicyclic) bond motifs is 2. The average molecular weight is 336 g/mol. The van der Waals surface area contributed by atoms with E-state index in [0.717, 1.165) is 44.5 Å². The van der Waals surface area contributed by atoms with Crippen molar-refractivity contribution in [3.63, 3.8) is 0 Å². The van der Waals surface area contributed by atoms with Gasteiger partial charge in [0.1, 0.15) is 6.33 Å². The number of hydrogen-bond acceptors (Lipinski definition) is 4. The predicted octanol–water partition coefficient (Wildman–Crippen LogP) is 2.37. The van der Waals surface area contributed by atoms with E-state index in [-0.39, 0.29) is 11.9 Å². The van der Waals surface area contributed by atoms with Crippen molar-refractivity contribution in [3.8, 4) is 0 Å². The Balaban J connectivity index is 1.44. The van der Waals surface area contributed by atoms with Crippen LogP contribution in [0.5, 0.6) is 0 Å². The zero-order valence-corrected chi connectivity index (χ0v) is 14.7. The van der Waals surface area contributed by atoms with Crippen molar-refractivity contribution in [2.24, 2.45) is 0 Å². The fourth-order valence-electron chi connectivity index (χ4n) is 4.05. The topological polar surface area (TPSA) is 49.3 Å². The van der Waals surface area contributed by atoms with E-state index in [1.54, 1.807) is 6.33 Å². The first-order valence-electron chi connectivity index (χ1n) is 9.06. The molecule has 2 aromatic rings. The van der Waals surface area contributed by atoms with E-state index in [1.165, 1.54) is 16.7 Å². The van der Waals surface area contributed by atoms with Gasteiger partial charge in [-0.1, -0.05) is 24.3 Å². The van der Waals surface area contributed by atoms with Crippen LogP contribution in [0.15, 0.2) is 36.8 Å². The third-order valence-corrected chi connectivity index (χ3v) is 5.51. The fourth-order valence-corrected chi connectivity index (χ4v) is 4.05. The molecule has 1 aromatic carbocycles. The average Bonchev–Trinajstić information content (AvgIpc) is 2.67. The number of amides is 1. The third kappa shape index (κ3) is 3.29. The van der Waals surface area contributed by atoms with Gasteiger partial charge < -0.3 is 4.90 Å². The molecule has 0 spiro atoms. The van der Waals surface area contributed by atoms with Crippen molar-refractivity contribution in [2.45, 2.75) is 38.3 Å². The first-order chi connectivity index (χ1) is 12.2. The zero-order valence-electron chi connectivity index (χ0n) is 14.7. The van der Waals surface area contributed by atoms with Crippen LogP contribution in [0.3, 0.4) is 0 Å². The predicted molar refractivity (Wildman–Crippen MR) is 95.9 cm³/mol. The fraction of sp³-hybridized carbons (Fsp3) is 0.450. The quantitative estimate of drug-likeness (QED) is 0.863. The van der Waals surface area contributed by atoms with Crippen LogP contribution in [0.25, 0.3) is 0 Å². The maximum Gasteiger partial charge on any atom is 0.237 e. The van der Waals surface area contributed by atoms with Gasteiger partial charge in [-0.05, 0) is 42.4 Å². The Bertz CT molecular complexity index is 776. The molecule has 130 valence electrons. The number of aryl methyl sites for hydroxylation is 1. The second-order valence-corrected chi connectivity index (χ2v) is 7.07. The van der Waals surface area contributed by atoms with Crippen molar-refractivity contribution in [1.82, 2.24) is 19.8 Å². The highest BCUT2D eigenvalue weighted by atomic mass is 16.2. The van der Waals surface area contributed by atoms with Gasteiger partial charge in [-0.15, -0.1) is 0 Å². The Morgan fingerprint density at radius 1 is 1.28 bits per heavy atom. The van der Waals surface area contributed by atoms with Crippen molar-refractivity contribution < 1.29 is 4.79 Å². The van der Waals surface area contributed by atoms with E-state index in [1.807, 2.05) is 18.1 Å². The second-order valence-electron chi connectivity index (χ2n) is 7.07. The Hall–Kier alpha value is -2.27. The van der Waals surface area contributed by atoms with Gasteiger partial charge in [0.15, 0.2) is 0 Å². The smallest absolute Gasteiger partial charge is 0.237 e. The van der Waals surface area contributed by atoms with Crippen LogP contribution in [0.1, 0.15) is 41.3 Å². The van der Waals surface area contributed by atoms with Crippen LogP contribution in [0.2, 0.25) is 0 Å². The van der Waals surface area contributed by atoms with Gasteiger partial charge in [0.05, 0.1) is 18.3 Å². The molecule has 2 heterocycles. The number of carbonyl (C=O) groups is 1. The molecule has 0 saturated carbocycles. The van der Waals surface area contributed by atoms with Crippen molar-refractivity contribution >= 4 is 5.91 Å². The molecule has 5 nitrogen and oxygen atoms in total. The van der Waals surface area contributed by atoms with Crippen LogP contribution in [0.4, 0.5) is 0 Å². The molecule has 25 heavy (non-hydrogen) atoms. The van der Waals surface area contributed by atoms with E-state index >= 15 is 0 Å². The maximum absolute atomic E-state index is 12.9. The maximum atomic E-state index is 12.9. The molecule has 5 heteroatoms. The summed E-state index contributed by atoms with van der Waals surface area (Å²) in [6, 6.07) is 8.75. The number of likely N-dealkylation sites (N-methyl/N-ethyl adjacent to an activating group) is 1. The molecule has 0 N–H and O–H groups in total. The SMILES string of the molecule is CN(C(=O)CN1CCc2cncnc2C1)C1CCCc2ccccc21. The summed E-state index contributed by atoms with van der Waals surface area (Å²) in [6.45, 7) is 2.08. The van der Waals surface area contributed by atoms with Gasteiger partial charge in [0, 0.05) is 26.3 Å². The first kappa shape index (κ1) is 16.2. The lowest BCUT2D eigenvalue weighted by Gasteiger charge is -2.35. The van der Waals surface area contributed by atoms with Crippen LogP contribution in [-0.2, 0) is 24.2 Å². The highest BCUT2D eigenvalue weighted by Crippen LogP contribution is 2.33. The van der Waals surface area contributed by atoms with Crippen LogP contribution in [0, 0.1) is 0 Å². The Labute approximate surface area is 148 Å². The molecule has 0 saturated heterocycles. The normalized spacial score (nSPS) is 19.8. The molecule has 4 rings (SSSR count). The number of benzene rings is 1. The van der Waals surface area contributed by atoms with Crippen LogP contribution >= 0.6 is 0 Å². The summed E-state index contributed by atoms with van der Waals surface area (Å²) in [4.78, 5) is 25.5. The van der Waals surface area contributed by atoms with E-state index < -0.39 is 0 Å². The molecule has 1 atom stereocenters. The van der Waals surface area contributed by atoms with Gasteiger partial charge in [-0.25, -0.2) is 9.97 Å². The monoisotopic (exact) mass is 336 g/mol. The minimum Gasteiger partial charge on any atom is -0.338 e. The largest absolute Gasteiger partial charge is 0.338 e. The summed E-state index contributed by atoms with van der Waals surface area (Å²) in [5, 5.41) is 0. The number of aromatic nitrogens is 2. The summed E-state index contributed by atoms with van der Waals surface area (Å²) in [6.07, 6.45) is 7.72. The van der Waals surface area contributed by atoms with Gasteiger partial charge in [-0.2, -0.15) is 0 Å². The molecule has 2 aliphatic rings. The van der Waals surface area contributed by atoms with Gasteiger partial charge in [0.2, 0.25) is 5.91 Å². The molecule has 0 radical (unpaired) electrons. The minimum atomic E-state index is 0.194. The number of hydrogen-bond donors (Lipinski definition) is 0. The standard InChI is InChI=1S/C20H24N4O/c1-23(19-8-4-6-15-5-2-3-7-17(15)19)20(25)13-24-10-9-16-11-21-14-22-18(16)12-24/h2-3,5,7,11,14,19H,4,6,8-10,12-13H2,1H3. The van der Waals surface area contributed by atoms with Crippen molar-refractivity contribution in [2.75, 3.05) is 20.1 Å². The van der Waals surface area contributed by atoms with E-state index in [9.17, 15) is 4.79 Å². The van der Waals surface area contributed by atoms with Gasteiger partial charge >= 0.3 is 0 Å². The number of rotatable bonds is 3. The molecular formula is C20H24N4O. The van der Waals surface area contributed by atoms with Crippen molar-refractivity contribution in [1.29, 1.82) is 0 Å². The lowest BCUT2D eigenvalue weighted by molar-refractivity contribution is -0.133. The van der Waals surface area contributed by atoms with E-state index in [4.69, 9.17) is 0 Å². The zero-order chi connectivity index (χ0) is 17.2. The molecule has 1 aliphatic heterocycles. The third-order valence-electron chi connectivity index (χ3n) is 5.51. The minimum absolute atomic E-state index is 0.194. The Morgan fingerprint density at radius 3 is 3.08 bits per heavy atom. The summed E-state index contributed by atoms with van der Waals surface area (Å²) in [7, 11) is 1.95. The summed E-state index contributed by atoms with van der Waals surface area (Å²) < 4.78 is 0. The molecular weight excluding hydrogens is 312 g/mol. The molecule has 1 unspecified atom stereocenters. The highest BCUT2D eigenvalue weighted by Gasteiger charge is 2.28. The number of nitrogens with zero attached hydrogens (tertiary/aromatic N) is 4. The lowest BCUT2D eigenvalue weighted by Crippen LogP contribution is -2.42. The van der Waals surface area contributed by atoms with Crippen molar-refractivity contribution in [3.05, 3.63) is 59.2 Å². The Kier molecular flexibility index (Phi) is 4.49. The molecule has 0 fully saturated rings. The lowest BCUT2D eigenvalue weighted by atomic mass is 9.87. The Morgan fingerprint density at radius 2 is 2.16 bits per heavy atom. The van der Waals surface area contributed by atoms with E-state index in [2.05, 4.69) is 39.1 Å². The van der Waals surface area contributed by atoms with E-state index in [0.29, 0.717) is 6.54 Å². The van der Waals surface area contributed by atoms with Crippen LogP contribution < -0.4 is 0 Å². The molecule has 0 bridgehead atoms. The molecule has 1 aromatic heterocycles. The summed E-state index contributed by atoms with van der Waals surface area (Å²) in [5.74, 6) is 0.194. The number of carbonyl (C=O) groups excluding carboxylic acids is 1. The second kappa shape index (κ2) is 6.92.